The van der Waals surface area contributed by atoms with E-state index in [4.69, 9.17) is 4.74 Å². The zero-order valence-corrected chi connectivity index (χ0v) is 21.6. The Bertz CT molecular complexity index is 615. The molecule has 1 aliphatic heterocycles. The highest BCUT2D eigenvalue weighted by Gasteiger charge is 2.38. The minimum absolute atomic E-state index is 0. The number of ether oxygens (including phenoxy) is 1. The molecule has 0 aromatic rings. The fourth-order valence-electron chi connectivity index (χ4n) is 4.25. The van der Waals surface area contributed by atoms with Crippen molar-refractivity contribution in [2.75, 3.05) is 52.2 Å². The van der Waals surface area contributed by atoms with Gasteiger partial charge in [0.1, 0.15) is 0 Å². The molecule has 3 N–H and O–H groups in total. The second kappa shape index (κ2) is 12.0. The number of guanidine groups is 1. The largest absolute Gasteiger partial charge is 0.379 e. The lowest BCUT2D eigenvalue weighted by atomic mass is 9.80. The van der Waals surface area contributed by atoms with E-state index in [-0.39, 0.29) is 29.5 Å². The fourth-order valence-corrected chi connectivity index (χ4v) is 5.32. The van der Waals surface area contributed by atoms with Gasteiger partial charge in [0.25, 0.3) is 0 Å². The lowest BCUT2D eigenvalue weighted by molar-refractivity contribution is -0.0352. The van der Waals surface area contributed by atoms with Crippen molar-refractivity contribution in [1.82, 2.24) is 20.3 Å². The van der Waals surface area contributed by atoms with Crippen molar-refractivity contribution in [3.63, 3.8) is 0 Å². The van der Waals surface area contributed by atoms with Gasteiger partial charge in [0.2, 0.25) is 10.0 Å². The van der Waals surface area contributed by atoms with Crippen LogP contribution in [0.25, 0.3) is 0 Å². The molecule has 0 bridgehead atoms. The molecule has 172 valence electrons. The van der Waals surface area contributed by atoms with Crippen LogP contribution in [0.4, 0.5) is 0 Å². The van der Waals surface area contributed by atoms with Crippen LogP contribution in [0, 0.1) is 0 Å². The van der Waals surface area contributed by atoms with Gasteiger partial charge in [0.15, 0.2) is 5.96 Å². The third-order valence-electron chi connectivity index (χ3n) is 5.49. The maximum Gasteiger partial charge on any atom is 0.209 e. The summed E-state index contributed by atoms with van der Waals surface area (Å²) in [6, 6.07) is 0. The Hall–Kier alpha value is -0.170. The van der Waals surface area contributed by atoms with E-state index in [9.17, 15) is 8.42 Å². The first-order valence-corrected chi connectivity index (χ1v) is 12.4. The molecule has 2 aliphatic rings. The van der Waals surface area contributed by atoms with E-state index in [1.54, 1.807) is 0 Å². The van der Waals surface area contributed by atoms with Gasteiger partial charge in [0.05, 0.1) is 26.0 Å². The Morgan fingerprint density at radius 3 is 2.31 bits per heavy atom. The molecule has 10 heteroatoms. The summed E-state index contributed by atoms with van der Waals surface area (Å²) in [5.41, 5.74) is -0.485. The minimum Gasteiger partial charge on any atom is -0.379 e. The molecule has 0 atom stereocenters. The molecule has 0 spiro atoms. The number of morpholine rings is 1. The van der Waals surface area contributed by atoms with Crippen LogP contribution in [0.1, 0.15) is 52.9 Å². The summed E-state index contributed by atoms with van der Waals surface area (Å²) in [6.07, 6.45) is 7.40. The van der Waals surface area contributed by atoms with Gasteiger partial charge in [-0.05, 0) is 33.6 Å². The van der Waals surface area contributed by atoms with Gasteiger partial charge in [-0.15, -0.1) is 24.0 Å². The van der Waals surface area contributed by atoms with Gasteiger partial charge in [0, 0.05) is 37.3 Å². The zero-order valence-electron chi connectivity index (χ0n) is 18.4. The molecule has 8 nitrogen and oxygen atoms in total. The van der Waals surface area contributed by atoms with Crippen LogP contribution in [0.2, 0.25) is 0 Å². The van der Waals surface area contributed by atoms with E-state index in [1.165, 1.54) is 38.4 Å². The highest BCUT2D eigenvalue weighted by Crippen LogP contribution is 2.33. The molecule has 0 aromatic carbocycles. The summed E-state index contributed by atoms with van der Waals surface area (Å²) in [4.78, 5) is 7.25. The first kappa shape index (κ1) is 26.9. The molecule has 1 saturated heterocycles. The van der Waals surface area contributed by atoms with Crippen molar-refractivity contribution in [3.8, 4) is 0 Å². The van der Waals surface area contributed by atoms with Gasteiger partial charge in [-0.1, -0.05) is 19.3 Å². The van der Waals surface area contributed by atoms with E-state index in [0.717, 1.165) is 45.4 Å². The third kappa shape index (κ3) is 9.24. The maximum atomic E-state index is 11.6. The smallest absolute Gasteiger partial charge is 0.209 e. The van der Waals surface area contributed by atoms with Crippen molar-refractivity contribution < 1.29 is 13.2 Å². The standard InChI is InChI=1S/C19H39N5O3S.HI/c1-5-20-17(21-15-18(2,3)23-28(4,25)26)22-16-19(9-7-6-8-10-19)24-11-13-27-14-12-24;/h23H,5-16H2,1-4H3,(H2,20,21,22);1H. The molecule has 2 rings (SSSR count). The first-order chi connectivity index (χ1) is 13.2. The summed E-state index contributed by atoms with van der Waals surface area (Å²) in [7, 11) is -3.27. The Balaban J connectivity index is 0.00000420. The van der Waals surface area contributed by atoms with Crippen molar-refractivity contribution in [2.45, 2.75) is 64.0 Å². The van der Waals surface area contributed by atoms with Crippen LogP contribution in [-0.4, -0.2) is 82.5 Å². The number of aliphatic imine (C=N–C) groups is 1. The molecule has 1 heterocycles. The van der Waals surface area contributed by atoms with E-state index in [2.05, 4.69) is 25.2 Å². The van der Waals surface area contributed by atoms with E-state index < -0.39 is 15.6 Å². The van der Waals surface area contributed by atoms with Crippen LogP contribution in [0.15, 0.2) is 4.99 Å². The number of nitrogens with zero attached hydrogens (tertiary/aromatic N) is 2. The van der Waals surface area contributed by atoms with Gasteiger partial charge in [-0.3, -0.25) is 9.89 Å². The van der Waals surface area contributed by atoms with Crippen LogP contribution in [0.5, 0.6) is 0 Å². The van der Waals surface area contributed by atoms with E-state index in [0.29, 0.717) is 6.54 Å². The maximum absolute atomic E-state index is 11.6. The summed E-state index contributed by atoms with van der Waals surface area (Å²) < 4.78 is 31.3. The first-order valence-electron chi connectivity index (χ1n) is 10.5. The predicted octanol–water partition coefficient (Wildman–Crippen LogP) is 1.52. The van der Waals surface area contributed by atoms with Gasteiger partial charge in [-0.2, -0.15) is 0 Å². The number of hydrogen-bond donors (Lipinski definition) is 3. The zero-order chi connectivity index (χ0) is 20.7. The molecule has 0 radical (unpaired) electrons. The number of hydrogen-bond acceptors (Lipinski definition) is 5. The van der Waals surface area contributed by atoms with Crippen molar-refractivity contribution in [2.24, 2.45) is 4.99 Å². The van der Waals surface area contributed by atoms with Crippen LogP contribution >= 0.6 is 24.0 Å². The average Bonchev–Trinajstić information content (AvgIpc) is 2.64. The quantitative estimate of drug-likeness (QED) is 0.243. The van der Waals surface area contributed by atoms with Crippen LogP contribution in [0.3, 0.4) is 0 Å². The number of rotatable bonds is 8. The van der Waals surface area contributed by atoms with Crippen LogP contribution < -0.4 is 15.4 Å². The topological polar surface area (TPSA) is 95.1 Å². The molecule has 2 fully saturated rings. The lowest BCUT2D eigenvalue weighted by Crippen LogP contribution is -2.60. The number of nitrogens with one attached hydrogen (secondary N) is 3. The monoisotopic (exact) mass is 545 g/mol. The lowest BCUT2D eigenvalue weighted by Gasteiger charge is -2.48. The van der Waals surface area contributed by atoms with E-state index >= 15 is 0 Å². The molecule has 1 saturated carbocycles. The highest BCUT2D eigenvalue weighted by molar-refractivity contribution is 14.0. The van der Waals surface area contributed by atoms with Crippen molar-refractivity contribution in [1.29, 1.82) is 0 Å². The van der Waals surface area contributed by atoms with Gasteiger partial charge in [-0.25, -0.2) is 13.1 Å². The molecule has 0 aromatic heterocycles. The van der Waals surface area contributed by atoms with Crippen LogP contribution in [-0.2, 0) is 14.8 Å². The van der Waals surface area contributed by atoms with E-state index in [1.807, 2.05) is 20.8 Å². The number of halogens is 1. The second-order valence-electron chi connectivity index (χ2n) is 8.69. The molecule has 29 heavy (non-hydrogen) atoms. The Morgan fingerprint density at radius 2 is 1.76 bits per heavy atom. The number of sulfonamides is 1. The van der Waals surface area contributed by atoms with Gasteiger partial charge >= 0.3 is 0 Å². The summed E-state index contributed by atoms with van der Waals surface area (Å²) in [5.74, 6) is 0.740. The molecular formula is C19H40IN5O3S. The second-order valence-corrected chi connectivity index (χ2v) is 10.4. The summed E-state index contributed by atoms with van der Waals surface area (Å²) in [6.45, 7) is 11.3. The fraction of sp³-hybridized carbons (Fsp3) is 0.947. The van der Waals surface area contributed by atoms with Gasteiger partial charge < -0.3 is 15.4 Å². The molecule has 0 amide bonds. The Kier molecular flexibility index (Phi) is 11.1. The summed E-state index contributed by atoms with van der Waals surface area (Å²) >= 11 is 0. The summed E-state index contributed by atoms with van der Waals surface area (Å²) in [5, 5.41) is 6.84. The average molecular weight is 546 g/mol. The third-order valence-corrected chi connectivity index (χ3v) is 6.41. The Morgan fingerprint density at radius 1 is 1.14 bits per heavy atom. The molecule has 0 unspecified atom stereocenters. The highest BCUT2D eigenvalue weighted by atomic mass is 127. The van der Waals surface area contributed by atoms with Crippen molar-refractivity contribution in [3.05, 3.63) is 0 Å². The molecule has 1 aliphatic carbocycles. The SMILES string of the molecule is CCNC(=NCC(C)(C)NS(C)(=O)=O)NCC1(N2CCOCC2)CCCCC1.I. The minimum atomic E-state index is -3.27. The predicted molar refractivity (Wildman–Crippen MR) is 130 cm³/mol. The Labute approximate surface area is 194 Å². The molecular weight excluding hydrogens is 505 g/mol. The normalized spacial score (nSPS) is 21.3. The van der Waals surface area contributed by atoms with Crippen molar-refractivity contribution >= 4 is 40.0 Å².